The number of carboxylic acids is 1. The number of aliphatic imine (C=N–C) groups is 1. The summed E-state index contributed by atoms with van der Waals surface area (Å²) in [5, 5.41) is 11.8. The van der Waals surface area contributed by atoms with E-state index in [0.717, 1.165) is 13.1 Å². The number of nitrogens with zero attached hydrogens (tertiary/aromatic N) is 3. The van der Waals surface area contributed by atoms with Crippen molar-refractivity contribution < 1.29 is 23.9 Å². The lowest BCUT2D eigenvalue weighted by Gasteiger charge is -2.32. The Kier molecular flexibility index (Phi) is 7.02. The number of carboxylic acid groups (broad SMARTS) is 1. The van der Waals surface area contributed by atoms with E-state index in [1.54, 1.807) is 54.6 Å². The lowest BCUT2D eigenvalue weighted by Crippen LogP contribution is -2.47. The number of hydrogen-bond acceptors (Lipinski definition) is 5. The highest BCUT2D eigenvalue weighted by molar-refractivity contribution is 6.24. The van der Waals surface area contributed by atoms with Crippen LogP contribution in [0.3, 0.4) is 0 Å². The van der Waals surface area contributed by atoms with E-state index in [9.17, 15) is 18.8 Å². The molecule has 1 saturated heterocycles. The first-order chi connectivity index (χ1) is 18.3. The Morgan fingerprint density at radius 1 is 0.974 bits per heavy atom. The first-order valence-electron chi connectivity index (χ1n) is 12.4. The molecule has 0 aliphatic carbocycles. The predicted octanol–water partition coefficient (Wildman–Crippen LogP) is 3.70. The Morgan fingerprint density at radius 2 is 1.63 bits per heavy atom. The smallest absolute Gasteiger partial charge is 0.307 e. The number of hydrogen-bond donors (Lipinski definition) is 2. The molecule has 0 bridgehead atoms. The summed E-state index contributed by atoms with van der Waals surface area (Å²) in [6.07, 6.45) is -0.123. The first-order valence-corrected chi connectivity index (χ1v) is 12.4. The number of fused-ring (bicyclic) bond motifs is 1. The fraction of sp³-hybridized carbons (Fsp3) is 0.241. The maximum absolute atomic E-state index is 13.8. The minimum absolute atomic E-state index is 0.0333. The van der Waals surface area contributed by atoms with Crippen LogP contribution in [0, 0.1) is 5.82 Å². The van der Waals surface area contributed by atoms with Crippen LogP contribution in [-0.4, -0.2) is 71.6 Å². The third kappa shape index (κ3) is 5.33. The van der Waals surface area contributed by atoms with Crippen molar-refractivity contribution in [3.63, 3.8) is 0 Å². The van der Waals surface area contributed by atoms with Gasteiger partial charge < -0.3 is 20.2 Å². The van der Waals surface area contributed by atoms with Gasteiger partial charge in [0, 0.05) is 37.4 Å². The lowest BCUT2D eigenvalue weighted by atomic mass is 9.90. The molecule has 194 valence electrons. The van der Waals surface area contributed by atoms with Crippen LogP contribution < -0.4 is 5.32 Å². The van der Waals surface area contributed by atoms with Crippen molar-refractivity contribution >= 4 is 34.9 Å². The number of halogens is 1. The molecular formula is C29H27FN4O4. The van der Waals surface area contributed by atoms with Crippen LogP contribution in [0.4, 0.5) is 15.8 Å². The summed E-state index contributed by atoms with van der Waals surface area (Å²) < 4.78 is 13.8. The topological polar surface area (TPSA) is 102 Å². The van der Waals surface area contributed by atoms with Crippen molar-refractivity contribution in [2.75, 3.05) is 38.5 Å². The molecule has 3 aromatic rings. The minimum Gasteiger partial charge on any atom is -0.481 e. The van der Waals surface area contributed by atoms with Crippen molar-refractivity contribution in [2.24, 2.45) is 4.99 Å². The van der Waals surface area contributed by atoms with Gasteiger partial charge >= 0.3 is 5.97 Å². The molecule has 2 aliphatic heterocycles. The number of likely N-dealkylation sites (N-methyl/N-ethyl adjacent to an activating group) is 1. The summed E-state index contributed by atoms with van der Waals surface area (Å²) in [6.45, 7) is 3.01. The number of carbonyl (C=O) groups is 3. The van der Waals surface area contributed by atoms with Gasteiger partial charge in [-0.05, 0) is 60.1 Å². The summed E-state index contributed by atoms with van der Waals surface area (Å²) >= 11 is 0. The van der Waals surface area contributed by atoms with Crippen LogP contribution in [-0.2, 0) is 16.0 Å². The fourth-order valence-electron chi connectivity index (χ4n) is 4.78. The first kappa shape index (κ1) is 25.3. The maximum Gasteiger partial charge on any atom is 0.307 e. The van der Waals surface area contributed by atoms with Crippen LogP contribution in [0.1, 0.15) is 33.0 Å². The van der Waals surface area contributed by atoms with Gasteiger partial charge in [-0.1, -0.05) is 30.3 Å². The van der Waals surface area contributed by atoms with Gasteiger partial charge in [-0.25, -0.2) is 4.39 Å². The maximum atomic E-state index is 13.8. The molecule has 0 spiro atoms. The van der Waals surface area contributed by atoms with Gasteiger partial charge in [0.2, 0.25) is 5.91 Å². The molecular weight excluding hydrogens is 487 g/mol. The molecule has 0 radical (unpaired) electrons. The van der Waals surface area contributed by atoms with Gasteiger partial charge in [0.25, 0.3) is 5.91 Å². The predicted molar refractivity (Wildman–Crippen MR) is 142 cm³/mol. The van der Waals surface area contributed by atoms with Gasteiger partial charge in [0.05, 0.1) is 17.8 Å². The molecule has 2 amide bonds. The van der Waals surface area contributed by atoms with E-state index in [0.29, 0.717) is 52.4 Å². The monoisotopic (exact) mass is 514 g/mol. The molecule has 3 aromatic carbocycles. The molecule has 38 heavy (non-hydrogen) atoms. The summed E-state index contributed by atoms with van der Waals surface area (Å²) in [5.41, 5.74) is 3.79. The van der Waals surface area contributed by atoms with Gasteiger partial charge in [-0.3, -0.25) is 19.4 Å². The van der Waals surface area contributed by atoms with Gasteiger partial charge in [-0.2, -0.15) is 0 Å². The molecule has 1 unspecified atom stereocenters. The van der Waals surface area contributed by atoms with E-state index >= 15 is 0 Å². The molecule has 2 aliphatic rings. The molecule has 5 rings (SSSR count). The Balaban J connectivity index is 1.49. The second kappa shape index (κ2) is 10.5. The molecule has 0 aromatic heterocycles. The fourth-order valence-corrected chi connectivity index (χ4v) is 4.78. The normalized spacial score (nSPS) is 17.7. The summed E-state index contributed by atoms with van der Waals surface area (Å²) in [7, 11) is 2.03. The van der Waals surface area contributed by atoms with Crippen LogP contribution in [0.5, 0.6) is 0 Å². The number of piperazine rings is 1. The number of amides is 2. The number of nitrogens with one attached hydrogen (secondary N) is 1. The number of aliphatic carboxylic acids is 1. The van der Waals surface area contributed by atoms with E-state index in [2.05, 4.69) is 10.2 Å². The molecule has 2 N–H and O–H groups in total. The third-order valence-corrected chi connectivity index (χ3v) is 6.88. The minimum atomic E-state index is -0.941. The van der Waals surface area contributed by atoms with Crippen LogP contribution in [0.2, 0.25) is 0 Å². The highest BCUT2D eigenvalue weighted by atomic mass is 19.1. The Morgan fingerprint density at radius 3 is 2.29 bits per heavy atom. The standard InChI is InChI=1S/C29H27FN4O4/c1-33-12-14-34(15-13-33)29(38)20-6-9-22(10-7-20)31-27(19-4-2-18(3-5-19)16-25(35)36)26-23-11-8-21(30)17-24(23)32-28(26)37/h2-11,17,26H,12-16H2,1H3,(H,32,37)(H,35,36). The largest absolute Gasteiger partial charge is 0.481 e. The molecule has 9 heteroatoms. The highest BCUT2D eigenvalue weighted by Crippen LogP contribution is 2.36. The van der Waals surface area contributed by atoms with Crippen molar-refractivity contribution in [3.8, 4) is 0 Å². The Bertz CT molecular complexity index is 1410. The van der Waals surface area contributed by atoms with E-state index in [1.165, 1.54) is 12.1 Å². The van der Waals surface area contributed by atoms with Crippen LogP contribution in [0.15, 0.2) is 71.7 Å². The van der Waals surface area contributed by atoms with E-state index in [1.807, 2.05) is 11.9 Å². The van der Waals surface area contributed by atoms with E-state index < -0.39 is 17.7 Å². The molecule has 2 heterocycles. The summed E-state index contributed by atoms with van der Waals surface area (Å²) in [6, 6.07) is 17.9. The lowest BCUT2D eigenvalue weighted by molar-refractivity contribution is -0.136. The van der Waals surface area contributed by atoms with Crippen LogP contribution >= 0.6 is 0 Å². The van der Waals surface area contributed by atoms with Gasteiger partial charge in [-0.15, -0.1) is 0 Å². The zero-order valence-corrected chi connectivity index (χ0v) is 20.9. The number of anilines is 1. The van der Waals surface area contributed by atoms with Gasteiger partial charge in [0.15, 0.2) is 0 Å². The third-order valence-electron chi connectivity index (χ3n) is 6.88. The quantitative estimate of drug-likeness (QED) is 0.489. The Labute approximate surface area is 219 Å². The molecule has 8 nitrogen and oxygen atoms in total. The zero-order valence-electron chi connectivity index (χ0n) is 20.9. The van der Waals surface area contributed by atoms with Gasteiger partial charge in [0.1, 0.15) is 11.7 Å². The highest BCUT2D eigenvalue weighted by Gasteiger charge is 2.35. The zero-order chi connectivity index (χ0) is 26.8. The summed E-state index contributed by atoms with van der Waals surface area (Å²) in [5.74, 6) is -2.55. The SMILES string of the molecule is CN1CCN(C(=O)c2ccc(N=C(c3ccc(CC(=O)O)cc3)C3C(=O)Nc4cc(F)ccc43)cc2)CC1. The van der Waals surface area contributed by atoms with E-state index in [-0.39, 0.29) is 18.2 Å². The number of rotatable bonds is 6. The molecule has 1 atom stereocenters. The van der Waals surface area contributed by atoms with Crippen molar-refractivity contribution in [1.82, 2.24) is 9.80 Å². The van der Waals surface area contributed by atoms with Crippen molar-refractivity contribution in [1.29, 1.82) is 0 Å². The average Bonchev–Trinajstić information content (AvgIpc) is 3.22. The second-order valence-electron chi connectivity index (χ2n) is 9.56. The van der Waals surface area contributed by atoms with Crippen molar-refractivity contribution in [2.45, 2.75) is 12.3 Å². The Hall–Kier alpha value is -4.37. The molecule has 0 saturated carbocycles. The molecule has 1 fully saturated rings. The van der Waals surface area contributed by atoms with Crippen molar-refractivity contribution in [3.05, 3.63) is 94.8 Å². The number of carbonyl (C=O) groups excluding carboxylic acids is 2. The number of benzene rings is 3. The summed E-state index contributed by atoms with van der Waals surface area (Å²) in [4.78, 5) is 45.9. The van der Waals surface area contributed by atoms with Crippen LogP contribution in [0.25, 0.3) is 0 Å². The average molecular weight is 515 g/mol. The second-order valence-corrected chi connectivity index (χ2v) is 9.56. The van der Waals surface area contributed by atoms with E-state index in [4.69, 9.17) is 10.1 Å².